The molecule has 33 heavy (non-hydrogen) atoms. The third-order valence-electron chi connectivity index (χ3n) is 8.33. The SMILES string of the molecule is CCCCCCCC1CCC2CC(c3cc(F)c4cc(C(=O)OC)c(F)cc4c3)CCC2C1. The van der Waals surface area contributed by atoms with Gasteiger partial charge in [0, 0.05) is 5.39 Å². The van der Waals surface area contributed by atoms with Crippen LogP contribution in [-0.2, 0) is 4.74 Å². The minimum absolute atomic E-state index is 0.223. The second-order valence-corrected chi connectivity index (χ2v) is 10.5. The first-order valence-corrected chi connectivity index (χ1v) is 13.0. The molecule has 0 aliphatic heterocycles. The van der Waals surface area contributed by atoms with Gasteiger partial charge in [-0.05, 0) is 84.9 Å². The number of hydrogen-bond acceptors (Lipinski definition) is 2. The van der Waals surface area contributed by atoms with Crippen molar-refractivity contribution in [3.05, 3.63) is 47.0 Å². The molecule has 180 valence electrons. The molecule has 2 nitrogen and oxygen atoms in total. The molecule has 0 spiro atoms. The van der Waals surface area contributed by atoms with Gasteiger partial charge in [-0.25, -0.2) is 13.6 Å². The van der Waals surface area contributed by atoms with E-state index >= 15 is 0 Å². The number of hydrogen-bond donors (Lipinski definition) is 0. The summed E-state index contributed by atoms with van der Waals surface area (Å²) in [6, 6.07) is 6.07. The summed E-state index contributed by atoms with van der Waals surface area (Å²) in [5.74, 6) is 0.948. The fourth-order valence-electron chi connectivity index (χ4n) is 6.45. The van der Waals surface area contributed by atoms with Gasteiger partial charge in [0.1, 0.15) is 11.6 Å². The molecule has 2 fully saturated rings. The molecule has 4 unspecified atom stereocenters. The first kappa shape index (κ1) is 24.2. The molecule has 4 rings (SSSR count). The number of unbranched alkanes of at least 4 members (excludes halogenated alkanes) is 4. The Morgan fingerprint density at radius 2 is 1.67 bits per heavy atom. The molecular formula is C29H38F2O2. The lowest BCUT2D eigenvalue weighted by Crippen LogP contribution is -2.30. The highest BCUT2D eigenvalue weighted by Gasteiger charge is 2.36. The Labute approximate surface area is 197 Å². The van der Waals surface area contributed by atoms with Crippen LogP contribution in [0.4, 0.5) is 8.78 Å². The molecule has 0 N–H and O–H groups in total. The Hall–Kier alpha value is -1.97. The Morgan fingerprint density at radius 3 is 2.45 bits per heavy atom. The van der Waals surface area contributed by atoms with E-state index in [9.17, 15) is 13.6 Å². The molecule has 0 saturated heterocycles. The van der Waals surface area contributed by atoms with E-state index in [0.29, 0.717) is 11.3 Å². The smallest absolute Gasteiger partial charge is 0.340 e. The first-order valence-electron chi connectivity index (χ1n) is 13.0. The summed E-state index contributed by atoms with van der Waals surface area (Å²) in [6.45, 7) is 2.27. The number of fused-ring (bicyclic) bond motifs is 2. The molecule has 0 amide bonds. The van der Waals surface area contributed by atoms with E-state index in [1.807, 2.05) is 6.07 Å². The Balaban J connectivity index is 1.40. The topological polar surface area (TPSA) is 26.3 Å². The minimum atomic E-state index is -0.784. The normalized spacial score (nSPS) is 25.1. The van der Waals surface area contributed by atoms with Crippen LogP contribution in [0.3, 0.4) is 0 Å². The minimum Gasteiger partial charge on any atom is -0.465 e. The zero-order chi connectivity index (χ0) is 23.4. The maximum atomic E-state index is 15.0. The van der Waals surface area contributed by atoms with Crippen LogP contribution in [0.2, 0.25) is 0 Å². The van der Waals surface area contributed by atoms with Gasteiger partial charge in [-0.2, -0.15) is 0 Å². The fraction of sp³-hybridized carbons (Fsp3) is 0.621. The molecule has 0 heterocycles. The van der Waals surface area contributed by atoms with E-state index in [4.69, 9.17) is 0 Å². The molecule has 0 aromatic heterocycles. The standard InChI is InChI=1S/C29H38F2O2/c1-3-4-5-6-7-8-19-9-10-21-14-22(12-11-20(21)13-19)23-15-24-17-28(31)26(29(32)33-2)18-25(24)27(30)16-23/h15-22H,3-14H2,1-2H3. The second kappa shape index (κ2) is 11.0. The summed E-state index contributed by atoms with van der Waals surface area (Å²) in [7, 11) is 1.20. The van der Waals surface area contributed by atoms with Crippen LogP contribution >= 0.6 is 0 Å². The summed E-state index contributed by atoms with van der Waals surface area (Å²) < 4.78 is 34.1. The third-order valence-corrected chi connectivity index (χ3v) is 8.33. The predicted octanol–water partition coefficient (Wildman–Crippen LogP) is 8.57. The van der Waals surface area contributed by atoms with Gasteiger partial charge in [0.05, 0.1) is 12.7 Å². The van der Waals surface area contributed by atoms with Crippen molar-refractivity contribution < 1.29 is 18.3 Å². The molecular weight excluding hydrogens is 418 g/mol. The van der Waals surface area contributed by atoms with Gasteiger partial charge in [0.15, 0.2) is 0 Å². The summed E-state index contributed by atoms with van der Waals surface area (Å²) >= 11 is 0. The predicted molar refractivity (Wildman–Crippen MR) is 129 cm³/mol. The lowest BCUT2D eigenvalue weighted by molar-refractivity contribution is 0.0595. The highest BCUT2D eigenvalue weighted by Crippen LogP contribution is 2.48. The quantitative estimate of drug-likeness (QED) is 0.294. The van der Waals surface area contributed by atoms with Gasteiger partial charge in [0.2, 0.25) is 0 Å². The largest absolute Gasteiger partial charge is 0.465 e. The van der Waals surface area contributed by atoms with Crippen LogP contribution in [0.5, 0.6) is 0 Å². The number of carbonyl (C=O) groups is 1. The van der Waals surface area contributed by atoms with Crippen molar-refractivity contribution >= 4 is 16.7 Å². The molecule has 2 aliphatic carbocycles. The lowest BCUT2D eigenvalue weighted by Gasteiger charge is -2.42. The van der Waals surface area contributed by atoms with Gasteiger partial charge < -0.3 is 4.74 Å². The highest BCUT2D eigenvalue weighted by molar-refractivity contribution is 5.96. The molecule has 2 aliphatic rings. The van der Waals surface area contributed by atoms with E-state index in [-0.39, 0.29) is 16.8 Å². The number of methoxy groups -OCH3 is 1. The second-order valence-electron chi connectivity index (χ2n) is 10.5. The summed E-state index contributed by atoms with van der Waals surface area (Å²) in [5, 5.41) is 0.790. The zero-order valence-corrected chi connectivity index (χ0v) is 20.2. The maximum absolute atomic E-state index is 15.0. The van der Waals surface area contributed by atoms with Crippen LogP contribution in [0.15, 0.2) is 24.3 Å². The van der Waals surface area contributed by atoms with E-state index in [1.165, 1.54) is 83.5 Å². The molecule has 2 aromatic rings. The summed E-state index contributed by atoms with van der Waals surface area (Å²) in [4.78, 5) is 11.8. The number of esters is 1. The van der Waals surface area contributed by atoms with Gasteiger partial charge in [-0.15, -0.1) is 0 Å². The summed E-state index contributed by atoms with van der Waals surface area (Å²) in [6.07, 6.45) is 15.6. The van der Waals surface area contributed by atoms with Crippen molar-refractivity contribution in [1.29, 1.82) is 0 Å². The van der Waals surface area contributed by atoms with Gasteiger partial charge in [0.25, 0.3) is 0 Å². The Kier molecular flexibility index (Phi) is 8.03. The van der Waals surface area contributed by atoms with Crippen LogP contribution in [0.1, 0.15) is 106 Å². The van der Waals surface area contributed by atoms with Crippen molar-refractivity contribution in [2.24, 2.45) is 17.8 Å². The van der Waals surface area contributed by atoms with Crippen LogP contribution < -0.4 is 0 Å². The zero-order valence-electron chi connectivity index (χ0n) is 20.2. The average molecular weight is 457 g/mol. The fourth-order valence-corrected chi connectivity index (χ4v) is 6.45. The number of rotatable bonds is 8. The molecule has 4 atom stereocenters. The highest BCUT2D eigenvalue weighted by atomic mass is 19.1. The van der Waals surface area contributed by atoms with E-state index in [2.05, 4.69) is 11.7 Å². The molecule has 0 bridgehead atoms. The van der Waals surface area contributed by atoms with Crippen molar-refractivity contribution in [3.8, 4) is 0 Å². The number of carbonyl (C=O) groups excluding carboxylic acids is 1. The van der Waals surface area contributed by atoms with Crippen molar-refractivity contribution in [2.75, 3.05) is 7.11 Å². The van der Waals surface area contributed by atoms with Gasteiger partial charge in [-0.3, -0.25) is 0 Å². The Bertz CT molecular complexity index is 970. The van der Waals surface area contributed by atoms with Crippen LogP contribution in [-0.4, -0.2) is 13.1 Å². The van der Waals surface area contributed by atoms with Crippen LogP contribution in [0.25, 0.3) is 10.8 Å². The monoisotopic (exact) mass is 456 g/mol. The number of benzene rings is 2. The van der Waals surface area contributed by atoms with E-state index in [1.54, 1.807) is 6.07 Å². The van der Waals surface area contributed by atoms with E-state index in [0.717, 1.165) is 36.2 Å². The molecule has 0 radical (unpaired) electrons. The van der Waals surface area contributed by atoms with Crippen molar-refractivity contribution in [1.82, 2.24) is 0 Å². The number of ether oxygens (including phenoxy) is 1. The average Bonchev–Trinajstić information content (AvgIpc) is 2.82. The lowest BCUT2D eigenvalue weighted by atomic mass is 9.63. The summed E-state index contributed by atoms with van der Waals surface area (Å²) in [5.41, 5.74) is 0.751. The van der Waals surface area contributed by atoms with Gasteiger partial charge >= 0.3 is 5.97 Å². The van der Waals surface area contributed by atoms with Crippen molar-refractivity contribution in [3.63, 3.8) is 0 Å². The number of halogens is 2. The first-order chi connectivity index (χ1) is 16.0. The molecule has 2 saturated carbocycles. The Morgan fingerprint density at radius 1 is 0.909 bits per heavy atom. The van der Waals surface area contributed by atoms with Crippen LogP contribution in [0, 0.1) is 29.4 Å². The molecule has 4 heteroatoms. The van der Waals surface area contributed by atoms with E-state index < -0.39 is 11.8 Å². The maximum Gasteiger partial charge on any atom is 0.340 e. The third kappa shape index (κ3) is 5.58. The van der Waals surface area contributed by atoms with Crippen molar-refractivity contribution in [2.45, 2.75) is 89.9 Å². The molecule has 2 aromatic carbocycles. The van der Waals surface area contributed by atoms with Gasteiger partial charge in [-0.1, -0.05) is 57.9 Å².